The fourth-order valence-electron chi connectivity index (χ4n) is 0.601. The molecule has 0 bridgehead atoms. The van der Waals surface area contributed by atoms with Gasteiger partial charge in [-0.1, -0.05) is 0 Å². The van der Waals surface area contributed by atoms with Crippen molar-refractivity contribution in [1.29, 1.82) is 0 Å². The van der Waals surface area contributed by atoms with Crippen molar-refractivity contribution in [1.82, 2.24) is 5.01 Å². The third kappa shape index (κ3) is 6.93. The highest BCUT2D eigenvalue weighted by Gasteiger charge is 1.88. The maximum absolute atomic E-state index is 10.2. The standard InChI is InChI=1S/C9H14N2O2/c1-9(8-13)4-5-10-11(2)6-3-7-12/h4-5,7-8H,3,6H2,1-2H3/b9-4-,10-5-. The van der Waals surface area contributed by atoms with Gasteiger partial charge in [0.05, 0.1) is 0 Å². The summed E-state index contributed by atoms with van der Waals surface area (Å²) in [6, 6.07) is 0. The molecule has 0 aromatic carbocycles. The summed E-state index contributed by atoms with van der Waals surface area (Å²) in [5.41, 5.74) is 0.618. The van der Waals surface area contributed by atoms with Gasteiger partial charge in [-0.25, -0.2) is 0 Å². The summed E-state index contributed by atoms with van der Waals surface area (Å²) in [5, 5.41) is 5.61. The maximum atomic E-state index is 10.2. The van der Waals surface area contributed by atoms with Crippen LogP contribution in [0.4, 0.5) is 0 Å². The lowest BCUT2D eigenvalue weighted by Gasteiger charge is -2.08. The van der Waals surface area contributed by atoms with Crippen LogP contribution in [0.3, 0.4) is 0 Å². The number of carbonyl (C=O) groups is 2. The Labute approximate surface area is 77.9 Å². The second-order valence-electron chi connectivity index (χ2n) is 2.63. The molecule has 0 aliphatic rings. The summed E-state index contributed by atoms with van der Waals surface area (Å²) in [6.45, 7) is 2.29. The van der Waals surface area contributed by atoms with Crippen LogP contribution in [-0.4, -0.2) is 37.4 Å². The van der Waals surface area contributed by atoms with Gasteiger partial charge in [-0.05, 0) is 18.6 Å². The van der Waals surface area contributed by atoms with E-state index in [1.807, 2.05) is 0 Å². The van der Waals surface area contributed by atoms with Crippen LogP contribution < -0.4 is 0 Å². The second kappa shape index (κ2) is 7.21. The number of hydrazone groups is 1. The van der Waals surface area contributed by atoms with E-state index in [0.717, 1.165) is 12.6 Å². The molecule has 0 aromatic rings. The van der Waals surface area contributed by atoms with Crippen molar-refractivity contribution in [2.75, 3.05) is 13.6 Å². The van der Waals surface area contributed by atoms with Gasteiger partial charge in [0.25, 0.3) is 0 Å². The summed E-state index contributed by atoms with van der Waals surface area (Å²) in [6.07, 6.45) is 5.22. The molecule has 0 aliphatic heterocycles. The Morgan fingerprint density at radius 2 is 2.15 bits per heavy atom. The third-order valence-electron chi connectivity index (χ3n) is 1.36. The molecule has 4 nitrogen and oxygen atoms in total. The van der Waals surface area contributed by atoms with Crippen molar-refractivity contribution in [2.24, 2.45) is 5.10 Å². The van der Waals surface area contributed by atoms with Crippen LogP contribution in [0.25, 0.3) is 0 Å². The Bertz CT molecular complexity index is 222. The molecule has 0 saturated heterocycles. The van der Waals surface area contributed by atoms with Crippen LogP contribution in [0.15, 0.2) is 16.8 Å². The fourth-order valence-corrected chi connectivity index (χ4v) is 0.601. The van der Waals surface area contributed by atoms with E-state index in [1.165, 1.54) is 6.21 Å². The zero-order valence-corrected chi connectivity index (χ0v) is 7.93. The van der Waals surface area contributed by atoms with E-state index in [0.29, 0.717) is 18.5 Å². The molecule has 0 N–H and O–H groups in total. The van der Waals surface area contributed by atoms with Crippen molar-refractivity contribution in [2.45, 2.75) is 13.3 Å². The molecule has 0 amide bonds. The van der Waals surface area contributed by atoms with E-state index in [2.05, 4.69) is 5.10 Å². The monoisotopic (exact) mass is 182 g/mol. The van der Waals surface area contributed by atoms with Gasteiger partial charge in [0.1, 0.15) is 12.6 Å². The predicted molar refractivity (Wildman–Crippen MR) is 51.6 cm³/mol. The quantitative estimate of drug-likeness (QED) is 0.262. The lowest BCUT2D eigenvalue weighted by molar-refractivity contribution is -0.108. The SMILES string of the molecule is C/C(C=O)=C/C=N\N(C)CCC=O. The van der Waals surface area contributed by atoms with E-state index in [1.54, 1.807) is 25.1 Å². The highest BCUT2D eigenvalue weighted by atomic mass is 16.1. The largest absolute Gasteiger partial charge is 0.303 e. The molecule has 0 atom stereocenters. The number of hydrogen-bond donors (Lipinski definition) is 0. The Balaban J connectivity index is 3.82. The van der Waals surface area contributed by atoms with E-state index < -0.39 is 0 Å². The summed E-state index contributed by atoms with van der Waals surface area (Å²) in [5.74, 6) is 0. The van der Waals surface area contributed by atoms with Crippen molar-refractivity contribution in [3.63, 3.8) is 0 Å². The number of nitrogens with zero attached hydrogens (tertiary/aromatic N) is 2. The van der Waals surface area contributed by atoms with Crippen LogP contribution in [0.5, 0.6) is 0 Å². The molecule has 13 heavy (non-hydrogen) atoms. The molecule has 0 saturated carbocycles. The summed E-state index contributed by atoms with van der Waals surface area (Å²) in [7, 11) is 1.77. The van der Waals surface area contributed by atoms with Gasteiger partial charge < -0.3 is 4.79 Å². The molecule has 4 heteroatoms. The number of carbonyl (C=O) groups excluding carboxylic acids is 2. The minimum absolute atomic E-state index is 0.463. The number of hydrogen-bond acceptors (Lipinski definition) is 4. The molecule has 0 aliphatic carbocycles. The lowest BCUT2D eigenvalue weighted by Crippen LogP contribution is -2.12. The van der Waals surface area contributed by atoms with Crippen LogP contribution >= 0.6 is 0 Å². The topological polar surface area (TPSA) is 49.7 Å². The molecule has 0 fully saturated rings. The molecular formula is C9H14N2O2. The van der Waals surface area contributed by atoms with Crippen molar-refractivity contribution in [3.8, 4) is 0 Å². The zero-order chi connectivity index (χ0) is 10.1. The molecule has 0 heterocycles. The van der Waals surface area contributed by atoms with Crippen molar-refractivity contribution < 1.29 is 9.59 Å². The summed E-state index contributed by atoms with van der Waals surface area (Å²) in [4.78, 5) is 20.2. The third-order valence-corrected chi connectivity index (χ3v) is 1.36. The minimum atomic E-state index is 0.463. The molecular weight excluding hydrogens is 168 g/mol. The van der Waals surface area contributed by atoms with Crippen molar-refractivity contribution in [3.05, 3.63) is 11.6 Å². The first-order valence-electron chi connectivity index (χ1n) is 4.01. The summed E-state index contributed by atoms with van der Waals surface area (Å²) < 4.78 is 0. The van der Waals surface area contributed by atoms with Gasteiger partial charge in [0.2, 0.25) is 0 Å². The second-order valence-corrected chi connectivity index (χ2v) is 2.63. The molecule has 0 radical (unpaired) electrons. The Morgan fingerprint density at radius 1 is 1.46 bits per heavy atom. The molecule has 0 rings (SSSR count). The average Bonchev–Trinajstić information content (AvgIpc) is 2.14. The Hall–Kier alpha value is -1.45. The minimum Gasteiger partial charge on any atom is -0.303 e. The summed E-state index contributed by atoms with van der Waals surface area (Å²) >= 11 is 0. The first kappa shape index (κ1) is 11.6. The van der Waals surface area contributed by atoms with E-state index in [4.69, 9.17) is 0 Å². The van der Waals surface area contributed by atoms with E-state index in [9.17, 15) is 9.59 Å². The van der Waals surface area contributed by atoms with Crippen LogP contribution in [0.1, 0.15) is 13.3 Å². The van der Waals surface area contributed by atoms with Gasteiger partial charge in [0, 0.05) is 26.2 Å². The molecule has 0 unspecified atom stereocenters. The zero-order valence-electron chi connectivity index (χ0n) is 7.93. The normalized spacial score (nSPS) is 11.7. The number of aldehydes is 2. The average molecular weight is 182 g/mol. The van der Waals surface area contributed by atoms with Gasteiger partial charge in [-0.3, -0.25) is 9.80 Å². The van der Waals surface area contributed by atoms with E-state index in [-0.39, 0.29) is 0 Å². The Morgan fingerprint density at radius 3 is 2.69 bits per heavy atom. The van der Waals surface area contributed by atoms with Gasteiger partial charge >= 0.3 is 0 Å². The highest BCUT2D eigenvalue weighted by molar-refractivity contribution is 5.83. The maximum Gasteiger partial charge on any atom is 0.145 e. The number of allylic oxidation sites excluding steroid dienone is 2. The van der Waals surface area contributed by atoms with E-state index >= 15 is 0 Å². The molecule has 72 valence electrons. The van der Waals surface area contributed by atoms with Crippen LogP contribution in [0, 0.1) is 0 Å². The lowest BCUT2D eigenvalue weighted by atomic mass is 10.3. The van der Waals surface area contributed by atoms with Gasteiger partial charge in [-0.15, -0.1) is 0 Å². The number of rotatable bonds is 6. The fraction of sp³-hybridized carbons (Fsp3) is 0.444. The van der Waals surface area contributed by atoms with Crippen molar-refractivity contribution >= 4 is 18.8 Å². The first-order valence-corrected chi connectivity index (χ1v) is 4.01. The van der Waals surface area contributed by atoms with Gasteiger partial charge in [-0.2, -0.15) is 5.10 Å². The highest BCUT2D eigenvalue weighted by Crippen LogP contribution is 1.86. The molecule has 0 aromatic heterocycles. The van der Waals surface area contributed by atoms with Crippen LogP contribution in [-0.2, 0) is 9.59 Å². The Kier molecular flexibility index (Phi) is 6.41. The predicted octanol–water partition coefficient (Wildman–Crippen LogP) is 0.638. The van der Waals surface area contributed by atoms with Crippen LogP contribution in [0.2, 0.25) is 0 Å². The smallest absolute Gasteiger partial charge is 0.145 e. The first-order chi connectivity index (χ1) is 6.20. The molecule has 0 spiro atoms. The van der Waals surface area contributed by atoms with Gasteiger partial charge in [0.15, 0.2) is 0 Å².